The van der Waals surface area contributed by atoms with Crippen LogP contribution in [0.1, 0.15) is 54.4 Å². The molecule has 0 aromatic rings. The summed E-state index contributed by atoms with van der Waals surface area (Å²) in [5, 5.41) is 3.76. The minimum atomic E-state index is 0.319. The SMILES string of the molecule is CC1CCC(CN2CC(C(C)C)NCC2C(C)(C)C)O1. The Kier molecular flexibility index (Phi) is 5.14. The van der Waals surface area contributed by atoms with Crippen LogP contribution in [0.25, 0.3) is 0 Å². The van der Waals surface area contributed by atoms with Crippen LogP contribution in [-0.4, -0.2) is 48.8 Å². The van der Waals surface area contributed by atoms with Crippen molar-refractivity contribution in [3.8, 4) is 0 Å². The quantitative estimate of drug-likeness (QED) is 0.861. The predicted molar refractivity (Wildman–Crippen MR) is 85.0 cm³/mol. The summed E-state index contributed by atoms with van der Waals surface area (Å²) >= 11 is 0. The normalized spacial score (nSPS) is 36.8. The highest BCUT2D eigenvalue weighted by atomic mass is 16.5. The van der Waals surface area contributed by atoms with Gasteiger partial charge in [-0.1, -0.05) is 34.6 Å². The van der Waals surface area contributed by atoms with Gasteiger partial charge in [-0.25, -0.2) is 0 Å². The van der Waals surface area contributed by atoms with Gasteiger partial charge in [0.25, 0.3) is 0 Å². The van der Waals surface area contributed by atoms with Crippen LogP contribution >= 0.6 is 0 Å². The maximum atomic E-state index is 6.06. The Morgan fingerprint density at radius 1 is 1.25 bits per heavy atom. The van der Waals surface area contributed by atoms with E-state index in [9.17, 15) is 0 Å². The molecule has 2 saturated heterocycles. The fourth-order valence-corrected chi connectivity index (χ4v) is 3.62. The molecule has 118 valence electrons. The first-order valence-electron chi connectivity index (χ1n) is 8.40. The molecule has 3 heteroatoms. The van der Waals surface area contributed by atoms with Crippen molar-refractivity contribution in [2.24, 2.45) is 11.3 Å². The minimum Gasteiger partial charge on any atom is -0.374 e. The van der Waals surface area contributed by atoms with E-state index in [1.807, 2.05) is 0 Å². The highest BCUT2D eigenvalue weighted by Crippen LogP contribution is 2.29. The third kappa shape index (κ3) is 3.96. The smallest absolute Gasteiger partial charge is 0.0706 e. The maximum absolute atomic E-state index is 6.06. The van der Waals surface area contributed by atoms with Gasteiger partial charge in [-0.3, -0.25) is 4.90 Å². The van der Waals surface area contributed by atoms with Gasteiger partial charge in [0.2, 0.25) is 0 Å². The second-order valence-electron chi connectivity index (χ2n) is 8.24. The minimum absolute atomic E-state index is 0.319. The molecule has 20 heavy (non-hydrogen) atoms. The molecule has 1 N–H and O–H groups in total. The van der Waals surface area contributed by atoms with E-state index >= 15 is 0 Å². The Labute approximate surface area is 125 Å². The van der Waals surface area contributed by atoms with E-state index < -0.39 is 0 Å². The number of nitrogens with one attached hydrogen (secondary N) is 1. The Morgan fingerprint density at radius 2 is 1.95 bits per heavy atom. The first-order chi connectivity index (χ1) is 9.27. The van der Waals surface area contributed by atoms with Gasteiger partial charge in [-0.15, -0.1) is 0 Å². The second kappa shape index (κ2) is 6.33. The standard InChI is InChI=1S/C17H34N2O/c1-12(2)15-11-19(10-14-8-7-13(3)20-14)16(9-18-15)17(4,5)6/h12-16,18H,7-11H2,1-6H3. The van der Waals surface area contributed by atoms with Gasteiger partial charge in [-0.05, 0) is 31.1 Å². The van der Waals surface area contributed by atoms with Gasteiger partial charge in [0.15, 0.2) is 0 Å². The third-order valence-electron chi connectivity index (χ3n) is 5.01. The third-order valence-corrected chi connectivity index (χ3v) is 5.01. The molecule has 2 heterocycles. The lowest BCUT2D eigenvalue weighted by molar-refractivity contribution is -0.0151. The van der Waals surface area contributed by atoms with E-state index in [-0.39, 0.29) is 0 Å². The van der Waals surface area contributed by atoms with Crippen LogP contribution in [0.4, 0.5) is 0 Å². The van der Waals surface area contributed by atoms with E-state index in [4.69, 9.17) is 4.74 Å². The molecule has 3 nitrogen and oxygen atoms in total. The Hall–Kier alpha value is -0.120. The molecule has 0 bridgehead atoms. The summed E-state index contributed by atoms with van der Waals surface area (Å²) in [6, 6.07) is 1.23. The summed E-state index contributed by atoms with van der Waals surface area (Å²) < 4.78 is 6.06. The van der Waals surface area contributed by atoms with Gasteiger partial charge in [0.05, 0.1) is 12.2 Å². The van der Waals surface area contributed by atoms with Crippen molar-refractivity contribution in [1.29, 1.82) is 0 Å². The zero-order valence-corrected chi connectivity index (χ0v) is 14.3. The lowest BCUT2D eigenvalue weighted by Gasteiger charge is -2.48. The molecular formula is C17H34N2O. The Bertz CT molecular complexity index is 311. The van der Waals surface area contributed by atoms with Crippen LogP contribution in [0.3, 0.4) is 0 Å². The maximum Gasteiger partial charge on any atom is 0.0706 e. The largest absolute Gasteiger partial charge is 0.374 e. The molecule has 0 aromatic heterocycles. The van der Waals surface area contributed by atoms with Crippen LogP contribution in [0.15, 0.2) is 0 Å². The topological polar surface area (TPSA) is 24.5 Å². The van der Waals surface area contributed by atoms with Crippen LogP contribution < -0.4 is 5.32 Å². The number of hydrogen-bond donors (Lipinski definition) is 1. The first-order valence-corrected chi connectivity index (χ1v) is 8.40. The van der Waals surface area contributed by atoms with Gasteiger partial charge >= 0.3 is 0 Å². The van der Waals surface area contributed by atoms with Crippen LogP contribution in [0.2, 0.25) is 0 Å². The monoisotopic (exact) mass is 282 g/mol. The fourth-order valence-electron chi connectivity index (χ4n) is 3.62. The molecule has 0 amide bonds. The van der Waals surface area contributed by atoms with Crippen molar-refractivity contribution in [3.63, 3.8) is 0 Å². The molecule has 2 aliphatic heterocycles. The zero-order chi connectivity index (χ0) is 14.9. The van der Waals surface area contributed by atoms with E-state index in [1.54, 1.807) is 0 Å². The summed E-state index contributed by atoms with van der Waals surface area (Å²) in [7, 11) is 0. The fraction of sp³-hybridized carbons (Fsp3) is 1.00. The molecule has 2 aliphatic rings. The first kappa shape index (κ1) is 16.3. The van der Waals surface area contributed by atoms with Crippen molar-refractivity contribution >= 4 is 0 Å². The summed E-state index contributed by atoms with van der Waals surface area (Å²) in [4.78, 5) is 2.70. The van der Waals surface area contributed by atoms with E-state index in [0.717, 1.165) is 19.6 Å². The summed E-state index contributed by atoms with van der Waals surface area (Å²) in [6.45, 7) is 17.3. The summed E-state index contributed by atoms with van der Waals surface area (Å²) in [5.74, 6) is 0.696. The molecule has 0 spiro atoms. The number of nitrogens with zero attached hydrogens (tertiary/aromatic N) is 1. The number of hydrogen-bond acceptors (Lipinski definition) is 3. The van der Waals surface area contributed by atoms with E-state index in [1.165, 1.54) is 12.8 Å². The summed E-state index contributed by atoms with van der Waals surface area (Å²) in [5.41, 5.74) is 0.319. The molecule has 4 unspecified atom stereocenters. The van der Waals surface area contributed by atoms with Crippen molar-refractivity contribution in [1.82, 2.24) is 10.2 Å². The average molecular weight is 282 g/mol. The predicted octanol–water partition coefficient (Wildman–Crippen LogP) is 2.90. The van der Waals surface area contributed by atoms with Gasteiger partial charge in [0, 0.05) is 31.7 Å². The number of rotatable bonds is 3. The molecule has 0 aromatic carbocycles. The van der Waals surface area contributed by atoms with Gasteiger partial charge in [0.1, 0.15) is 0 Å². The van der Waals surface area contributed by atoms with E-state index in [0.29, 0.717) is 35.6 Å². The molecule has 0 saturated carbocycles. The Morgan fingerprint density at radius 3 is 2.45 bits per heavy atom. The lowest BCUT2D eigenvalue weighted by Crippen LogP contribution is -2.62. The highest BCUT2D eigenvalue weighted by molar-refractivity contribution is 4.94. The molecule has 4 atom stereocenters. The second-order valence-corrected chi connectivity index (χ2v) is 8.24. The van der Waals surface area contributed by atoms with Crippen LogP contribution in [0.5, 0.6) is 0 Å². The number of piperazine rings is 1. The lowest BCUT2D eigenvalue weighted by atomic mass is 9.82. The molecular weight excluding hydrogens is 248 g/mol. The van der Waals surface area contributed by atoms with Gasteiger partial charge < -0.3 is 10.1 Å². The average Bonchev–Trinajstić information content (AvgIpc) is 2.73. The zero-order valence-electron chi connectivity index (χ0n) is 14.3. The van der Waals surface area contributed by atoms with Crippen molar-refractivity contribution in [3.05, 3.63) is 0 Å². The summed E-state index contributed by atoms with van der Waals surface area (Å²) in [6.07, 6.45) is 3.36. The van der Waals surface area contributed by atoms with Crippen LogP contribution in [-0.2, 0) is 4.74 Å². The van der Waals surface area contributed by atoms with Crippen molar-refractivity contribution in [2.75, 3.05) is 19.6 Å². The van der Waals surface area contributed by atoms with Crippen molar-refractivity contribution < 1.29 is 4.74 Å². The Balaban J connectivity index is 2.01. The molecule has 0 radical (unpaired) electrons. The number of ether oxygens (including phenoxy) is 1. The van der Waals surface area contributed by atoms with Crippen LogP contribution in [0, 0.1) is 11.3 Å². The highest BCUT2D eigenvalue weighted by Gasteiger charge is 2.38. The van der Waals surface area contributed by atoms with Crippen molar-refractivity contribution in [2.45, 2.75) is 78.7 Å². The molecule has 0 aliphatic carbocycles. The van der Waals surface area contributed by atoms with Gasteiger partial charge in [-0.2, -0.15) is 0 Å². The van der Waals surface area contributed by atoms with E-state index in [2.05, 4.69) is 51.8 Å². The molecule has 2 fully saturated rings. The molecule has 2 rings (SSSR count).